The van der Waals surface area contributed by atoms with Crippen LogP contribution in [0.15, 0.2) is 46.9 Å². The summed E-state index contributed by atoms with van der Waals surface area (Å²) in [5.41, 5.74) is 2.70. The van der Waals surface area contributed by atoms with Crippen LogP contribution in [-0.4, -0.2) is 10.9 Å². The molecule has 20 heavy (non-hydrogen) atoms. The summed E-state index contributed by atoms with van der Waals surface area (Å²) in [6, 6.07) is 13.3. The molecular weight excluding hydrogens is 336 g/mol. The summed E-state index contributed by atoms with van der Waals surface area (Å²) in [6.07, 6.45) is 0. The fourth-order valence-corrected chi connectivity index (χ4v) is 3.24. The third kappa shape index (κ3) is 2.73. The van der Waals surface area contributed by atoms with Gasteiger partial charge >= 0.3 is 0 Å². The molecule has 0 fully saturated rings. The zero-order valence-corrected chi connectivity index (χ0v) is 13.1. The smallest absolute Gasteiger partial charge is 0.257 e. The summed E-state index contributed by atoms with van der Waals surface area (Å²) in [7, 11) is 0. The van der Waals surface area contributed by atoms with Crippen LogP contribution in [0.3, 0.4) is 0 Å². The number of hydrogen-bond acceptors (Lipinski definition) is 3. The number of rotatable bonds is 2. The van der Waals surface area contributed by atoms with Gasteiger partial charge < -0.3 is 0 Å². The van der Waals surface area contributed by atoms with Crippen LogP contribution in [0.25, 0.3) is 10.2 Å². The molecule has 1 amide bonds. The Labute approximate surface area is 128 Å². The van der Waals surface area contributed by atoms with E-state index >= 15 is 0 Å². The number of hydrogen-bond donors (Lipinski definition) is 1. The highest BCUT2D eigenvalue weighted by Crippen LogP contribution is 2.27. The standard InChI is InChI=1S/C15H11BrN2OS/c1-9-5-6-12-13(7-9)20-15(17-12)18-14(19)10-3-2-4-11(16)8-10/h2-8H,1H3,(H,17,18,19). The molecule has 0 aliphatic heterocycles. The van der Waals surface area contributed by atoms with Crippen molar-refractivity contribution in [1.29, 1.82) is 0 Å². The number of nitrogens with zero attached hydrogens (tertiary/aromatic N) is 1. The van der Waals surface area contributed by atoms with Gasteiger partial charge in [-0.15, -0.1) is 0 Å². The Hall–Kier alpha value is -1.72. The number of carbonyl (C=O) groups is 1. The monoisotopic (exact) mass is 346 g/mol. The summed E-state index contributed by atoms with van der Waals surface area (Å²) < 4.78 is 1.96. The number of benzene rings is 2. The average Bonchev–Trinajstić information content (AvgIpc) is 2.80. The third-order valence-electron chi connectivity index (χ3n) is 2.85. The maximum atomic E-state index is 12.1. The van der Waals surface area contributed by atoms with Gasteiger partial charge in [0.05, 0.1) is 10.2 Å². The van der Waals surface area contributed by atoms with Gasteiger partial charge in [-0.1, -0.05) is 39.4 Å². The number of anilines is 1. The molecule has 1 heterocycles. The summed E-state index contributed by atoms with van der Waals surface area (Å²) >= 11 is 4.84. The fourth-order valence-electron chi connectivity index (χ4n) is 1.88. The molecule has 2 aromatic carbocycles. The van der Waals surface area contributed by atoms with E-state index in [0.29, 0.717) is 10.7 Å². The second-order valence-electron chi connectivity index (χ2n) is 4.45. The Balaban J connectivity index is 1.87. The van der Waals surface area contributed by atoms with Gasteiger partial charge in [-0.05, 0) is 42.8 Å². The van der Waals surface area contributed by atoms with Crippen LogP contribution < -0.4 is 5.32 Å². The topological polar surface area (TPSA) is 42.0 Å². The van der Waals surface area contributed by atoms with Crippen LogP contribution in [0.4, 0.5) is 5.13 Å². The molecule has 0 bridgehead atoms. The normalized spacial score (nSPS) is 10.7. The Bertz CT molecular complexity index is 797. The van der Waals surface area contributed by atoms with Crippen molar-refractivity contribution in [3.05, 3.63) is 58.1 Å². The quantitative estimate of drug-likeness (QED) is 0.735. The molecule has 0 saturated heterocycles. The molecule has 0 saturated carbocycles. The van der Waals surface area contributed by atoms with Crippen molar-refractivity contribution in [3.8, 4) is 0 Å². The van der Waals surface area contributed by atoms with E-state index in [1.165, 1.54) is 16.9 Å². The first-order valence-electron chi connectivity index (χ1n) is 6.06. The highest BCUT2D eigenvalue weighted by atomic mass is 79.9. The predicted octanol–water partition coefficient (Wildman–Crippen LogP) is 4.62. The van der Waals surface area contributed by atoms with Gasteiger partial charge in [0.15, 0.2) is 5.13 Å². The summed E-state index contributed by atoms with van der Waals surface area (Å²) in [4.78, 5) is 16.6. The second-order valence-corrected chi connectivity index (χ2v) is 6.40. The van der Waals surface area contributed by atoms with Crippen LogP contribution in [0.1, 0.15) is 15.9 Å². The van der Waals surface area contributed by atoms with Gasteiger partial charge in [0, 0.05) is 10.0 Å². The number of amides is 1. The first-order valence-corrected chi connectivity index (χ1v) is 7.67. The summed E-state index contributed by atoms with van der Waals surface area (Å²) in [5.74, 6) is -0.151. The van der Waals surface area contributed by atoms with Gasteiger partial charge in [-0.3, -0.25) is 10.1 Å². The lowest BCUT2D eigenvalue weighted by Crippen LogP contribution is -2.11. The zero-order valence-electron chi connectivity index (χ0n) is 10.7. The number of halogens is 1. The first-order chi connectivity index (χ1) is 9.61. The molecule has 0 atom stereocenters. The number of aryl methyl sites for hydroxylation is 1. The van der Waals surface area contributed by atoms with Gasteiger partial charge in [-0.2, -0.15) is 0 Å². The van der Waals surface area contributed by atoms with E-state index < -0.39 is 0 Å². The lowest BCUT2D eigenvalue weighted by atomic mass is 10.2. The summed E-state index contributed by atoms with van der Waals surface area (Å²) in [5, 5.41) is 3.46. The molecule has 3 rings (SSSR count). The van der Waals surface area contributed by atoms with Crippen molar-refractivity contribution in [2.75, 3.05) is 5.32 Å². The first kappa shape index (κ1) is 13.3. The largest absolute Gasteiger partial charge is 0.298 e. The van der Waals surface area contributed by atoms with E-state index in [-0.39, 0.29) is 5.91 Å². The molecule has 1 N–H and O–H groups in total. The maximum Gasteiger partial charge on any atom is 0.257 e. The molecule has 0 spiro atoms. The van der Waals surface area contributed by atoms with Gasteiger partial charge in [0.1, 0.15) is 0 Å². The molecule has 3 nitrogen and oxygen atoms in total. The molecule has 3 aromatic rings. The van der Waals surface area contributed by atoms with Crippen LogP contribution >= 0.6 is 27.3 Å². The minimum absolute atomic E-state index is 0.151. The Morgan fingerprint density at radius 1 is 1.25 bits per heavy atom. The van der Waals surface area contributed by atoms with E-state index in [9.17, 15) is 4.79 Å². The molecular formula is C15H11BrN2OS. The molecule has 0 aliphatic rings. The molecule has 100 valence electrons. The Morgan fingerprint density at radius 2 is 2.10 bits per heavy atom. The Morgan fingerprint density at radius 3 is 2.90 bits per heavy atom. The van der Waals surface area contributed by atoms with Gasteiger partial charge in [-0.25, -0.2) is 4.98 Å². The predicted molar refractivity (Wildman–Crippen MR) is 86.5 cm³/mol. The van der Waals surface area contributed by atoms with E-state index in [0.717, 1.165) is 14.7 Å². The zero-order chi connectivity index (χ0) is 14.1. The lowest BCUT2D eigenvalue weighted by molar-refractivity contribution is 0.102. The van der Waals surface area contributed by atoms with Crippen molar-refractivity contribution in [2.24, 2.45) is 0 Å². The van der Waals surface area contributed by atoms with E-state index in [4.69, 9.17) is 0 Å². The summed E-state index contributed by atoms with van der Waals surface area (Å²) in [6.45, 7) is 2.04. The molecule has 1 aromatic heterocycles. The lowest BCUT2D eigenvalue weighted by Gasteiger charge is -2.01. The molecule has 5 heteroatoms. The van der Waals surface area contributed by atoms with Gasteiger partial charge in [0.25, 0.3) is 5.91 Å². The van der Waals surface area contributed by atoms with Crippen molar-refractivity contribution < 1.29 is 4.79 Å². The maximum absolute atomic E-state index is 12.1. The Kier molecular flexibility index (Phi) is 3.54. The van der Waals surface area contributed by atoms with Crippen LogP contribution in [0.2, 0.25) is 0 Å². The second kappa shape index (κ2) is 5.34. The van der Waals surface area contributed by atoms with E-state index in [1.54, 1.807) is 12.1 Å². The van der Waals surface area contributed by atoms with Crippen LogP contribution in [-0.2, 0) is 0 Å². The highest BCUT2D eigenvalue weighted by molar-refractivity contribution is 9.10. The van der Waals surface area contributed by atoms with Crippen LogP contribution in [0, 0.1) is 6.92 Å². The van der Waals surface area contributed by atoms with Crippen molar-refractivity contribution in [2.45, 2.75) is 6.92 Å². The van der Waals surface area contributed by atoms with Crippen LogP contribution in [0.5, 0.6) is 0 Å². The minimum Gasteiger partial charge on any atom is -0.298 e. The van der Waals surface area contributed by atoms with E-state index in [2.05, 4.69) is 32.3 Å². The van der Waals surface area contributed by atoms with E-state index in [1.807, 2.05) is 31.2 Å². The number of nitrogens with one attached hydrogen (secondary N) is 1. The van der Waals surface area contributed by atoms with Crippen molar-refractivity contribution in [1.82, 2.24) is 4.98 Å². The number of aromatic nitrogens is 1. The SMILES string of the molecule is Cc1ccc2nc(NC(=O)c3cccc(Br)c3)sc2c1. The highest BCUT2D eigenvalue weighted by Gasteiger charge is 2.10. The van der Waals surface area contributed by atoms with Crippen molar-refractivity contribution in [3.63, 3.8) is 0 Å². The average molecular weight is 347 g/mol. The molecule has 0 unspecified atom stereocenters. The fraction of sp³-hybridized carbons (Fsp3) is 0.0667. The number of fused-ring (bicyclic) bond motifs is 1. The number of carbonyl (C=O) groups excluding carboxylic acids is 1. The van der Waals surface area contributed by atoms with Crippen molar-refractivity contribution >= 4 is 48.5 Å². The molecule has 0 aliphatic carbocycles. The number of thiazole rings is 1. The molecule has 0 radical (unpaired) electrons. The minimum atomic E-state index is -0.151. The van der Waals surface area contributed by atoms with Gasteiger partial charge in [0.2, 0.25) is 0 Å². The third-order valence-corrected chi connectivity index (χ3v) is 4.28.